The Morgan fingerprint density at radius 2 is 2.24 bits per heavy atom. The number of nitrogens with two attached hydrogens (primary N) is 1. The Hall–Kier alpha value is -2.67. The Bertz CT molecular complexity index is 785. The predicted octanol–water partition coefficient (Wildman–Crippen LogP) is 1.15. The topological polar surface area (TPSA) is 84.5 Å². The molecule has 0 bridgehead atoms. The highest BCUT2D eigenvalue weighted by molar-refractivity contribution is 5.97. The van der Waals surface area contributed by atoms with E-state index in [1.807, 2.05) is 37.3 Å². The van der Waals surface area contributed by atoms with Gasteiger partial charge in [0.1, 0.15) is 0 Å². The minimum absolute atomic E-state index is 0.0906. The van der Waals surface area contributed by atoms with Gasteiger partial charge in [-0.3, -0.25) is 19.2 Å². The molecule has 7 heteroatoms. The lowest BCUT2D eigenvalue weighted by atomic mass is 10.0. The molecule has 1 aromatic carbocycles. The zero-order chi connectivity index (χ0) is 18.0. The molecule has 0 saturated carbocycles. The molecule has 3 rings (SSSR count). The Labute approximate surface area is 147 Å². The molecule has 1 atom stereocenters. The third kappa shape index (κ3) is 3.71. The first-order valence-electron chi connectivity index (χ1n) is 8.34. The van der Waals surface area contributed by atoms with Crippen LogP contribution >= 0.6 is 0 Å². The van der Waals surface area contributed by atoms with Crippen LogP contribution in [0.1, 0.15) is 28.8 Å². The summed E-state index contributed by atoms with van der Waals surface area (Å²) in [5.41, 5.74) is 7.62. The van der Waals surface area contributed by atoms with Gasteiger partial charge in [-0.15, -0.1) is 0 Å². The first kappa shape index (κ1) is 17.2. The summed E-state index contributed by atoms with van der Waals surface area (Å²) in [7, 11) is 3.78. The molecule has 1 aliphatic heterocycles. The average molecular weight is 341 g/mol. The molecule has 132 valence electrons. The molecule has 2 heterocycles. The highest BCUT2D eigenvalue weighted by atomic mass is 16.2. The fourth-order valence-electron chi connectivity index (χ4n) is 3.29. The summed E-state index contributed by atoms with van der Waals surface area (Å²) in [4.78, 5) is 28.1. The minimum Gasteiger partial charge on any atom is -0.366 e. The molecule has 2 aromatic rings. The maximum atomic E-state index is 12.9. The Kier molecular flexibility index (Phi) is 4.85. The fraction of sp³-hybridized carbons (Fsp3) is 0.389. The van der Waals surface area contributed by atoms with E-state index < -0.39 is 5.91 Å². The lowest BCUT2D eigenvalue weighted by Gasteiger charge is -2.36. The van der Waals surface area contributed by atoms with E-state index in [4.69, 9.17) is 5.73 Å². The standard InChI is InChI=1S/C18H23N5O2/c1-21(11-13-5-3-6-14(9-13)17(19)24)16-7-4-8-23(18(16)25)15-10-20-22(2)12-15/h3,5-6,9-10,12,16H,4,7-8,11H2,1-2H3,(H2,19,24)/t16-/m1/s1. The zero-order valence-electron chi connectivity index (χ0n) is 14.6. The Balaban J connectivity index is 1.73. The van der Waals surface area contributed by atoms with Crippen LogP contribution in [0.3, 0.4) is 0 Å². The van der Waals surface area contributed by atoms with E-state index in [-0.39, 0.29) is 11.9 Å². The van der Waals surface area contributed by atoms with Gasteiger partial charge in [0.25, 0.3) is 0 Å². The number of aromatic nitrogens is 2. The number of benzene rings is 1. The van der Waals surface area contributed by atoms with E-state index in [2.05, 4.69) is 5.10 Å². The van der Waals surface area contributed by atoms with Crippen molar-refractivity contribution in [1.29, 1.82) is 0 Å². The second-order valence-corrected chi connectivity index (χ2v) is 6.50. The normalized spacial score (nSPS) is 18.0. The van der Waals surface area contributed by atoms with Gasteiger partial charge < -0.3 is 10.6 Å². The summed E-state index contributed by atoms with van der Waals surface area (Å²) in [5, 5.41) is 4.16. The number of primary amides is 1. The summed E-state index contributed by atoms with van der Waals surface area (Å²) in [6, 6.07) is 7.04. The highest BCUT2D eigenvalue weighted by Crippen LogP contribution is 2.23. The number of hydrogen-bond donors (Lipinski definition) is 1. The number of hydrogen-bond acceptors (Lipinski definition) is 4. The molecule has 1 saturated heterocycles. The molecule has 2 amide bonds. The van der Waals surface area contributed by atoms with Crippen molar-refractivity contribution >= 4 is 17.5 Å². The smallest absolute Gasteiger partial charge is 0.248 e. The van der Waals surface area contributed by atoms with Crippen LogP contribution in [-0.2, 0) is 18.4 Å². The van der Waals surface area contributed by atoms with Crippen molar-refractivity contribution in [3.05, 3.63) is 47.8 Å². The summed E-state index contributed by atoms with van der Waals surface area (Å²) in [6.07, 6.45) is 5.34. The van der Waals surface area contributed by atoms with Crippen molar-refractivity contribution < 1.29 is 9.59 Å². The number of rotatable bonds is 5. The number of anilines is 1. The van der Waals surface area contributed by atoms with Gasteiger partial charge in [-0.1, -0.05) is 12.1 Å². The Morgan fingerprint density at radius 3 is 2.92 bits per heavy atom. The van der Waals surface area contributed by atoms with Crippen LogP contribution < -0.4 is 10.6 Å². The van der Waals surface area contributed by atoms with Crippen LogP contribution in [0.4, 0.5) is 5.69 Å². The molecular formula is C18H23N5O2. The number of nitrogens with zero attached hydrogens (tertiary/aromatic N) is 4. The van der Waals surface area contributed by atoms with E-state index in [1.54, 1.807) is 27.9 Å². The molecule has 0 unspecified atom stereocenters. The van der Waals surface area contributed by atoms with E-state index >= 15 is 0 Å². The van der Waals surface area contributed by atoms with Gasteiger partial charge in [0, 0.05) is 31.9 Å². The summed E-state index contributed by atoms with van der Waals surface area (Å²) in [5.74, 6) is -0.353. The van der Waals surface area contributed by atoms with E-state index in [0.29, 0.717) is 18.7 Å². The number of carbonyl (C=O) groups excluding carboxylic acids is 2. The van der Waals surface area contributed by atoms with Crippen molar-refractivity contribution in [2.45, 2.75) is 25.4 Å². The van der Waals surface area contributed by atoms with Crippen LogP contribution in [0.5, 0.6) is 0 Å². The lowest BCUT2D eigenvalue weighted by Crippen LogP contribution is -2.51. The van der Waals surface area contributed by atoms with E-state index in [0.717, 1.165) is 24.1 Å². The largest absolute Gasteiger partial charge is 0.366 e. The quantitative estimate of drug-likeness (QED) is 0.884. The first-order valence-corrected chi connectivity index (χ1v) is 8.34. The van der Waals surface area contributed by atoms with Crippen molar-refractivity contribution in [1.82, 2.24) is 14.7 Å². The Morgan fingerprint density at radius 1 is 1.44 bits per heavy atom. The molecule has 0 aliphatic carbocycles. The van der Waals surface area contributed by atoms with Gasteiger partial charge >= 0.3 is 0 Å². The first-order chi connectivity index (χ1) is 12.0. The zero-order valence-corrected chi connectivity index (χ0v) is 14.6. The SMILES string of the molecule is CN(Cc1cccc(C(N)=O)c1)[C@@H]1CCCN(c2cnn(C)c2)C1=O. The molecule has 7 nitrogen and oxygen atoms in total. The second-order valence-electron chi connectivity index (χ2n) is 6.50. The molecule has 1 aliphatic rings. The van der Waals surface area contributed by atoms with Crippen LogP contribution in [0, 0.1) is 0 Å². The fourth-order valence-corrected chi connectivity index (χ4v) is 3.29. The molecule has 1 aromatic heterocycles. The molecule has 0 spiro atoms. The van der Waals surface area contributed by atoms with Crippen molar-refractivity contribution in [2.75, 3.05) is 18.5 Å². The molecule has 0 radical (unpaired) electrons. The summed E-state index contributed by atoms with van der Waals surface area (Å²) in [6.45, 7) is 1.30. The van der Waals surface area contributed by atoms with Gasteiger partial charge in [-0.25, -0.2) is 0 Å². The monoisotopic (exact) mass is 341 g/mol. The van der Waals surface area contributed by atoms with Crippen molar-refractivity contribution in [3.8, 4) is 0 Å². The van der Waals surface area contributed by atoms with E-state index in [9.17, 15) is 9.59 Å². The minimum atomic E-state index is -0.444. The second kappa shape index (κ2) is 7.06. The molecule has 25 heavy (non-hydrogen) atoms. The maximum Gasteiger partial charge on any atom is 0.248 e. The number of piperidine rings is 1. The molecule has 1 fully saturated rings. The van der Waals surface area contributed by atoms with Gasteiger partial charge in [-0.2, -0.15) is 5.10 Å². The highest BCUT2D eigenvalue weighted by Gasteiger charge is 2.32. The number of likely N-dealkylation sites (N-methyl/N-ethyl adjacent to an activating group) is 1. The summed E-state index contributed by atoms with van der Waals surface area (Å²) >= 11 is 0. The van der Waals surface area contributed by atoms with Gasteiger partial charge in [0.2, 0.25) is 11.8 Å². The number of amides is 2. The van der Waals surface area contributed by atoms with Crippen molar-refractivity contribution in [2.24, 2.45) is 12.8 Å². The predicted molar refractivity (Wildman–Crippen MR) is 95.0 cm³/mol. The third-order valence-electron chi connectivity index (χ3n) is 4.59. The number of aryl methyl sites for hydroxylation is 1. The van der Waals surface area contributed by atoms with Crippen LogP contribution in [0.25, 0.3) is 0 Å². The number of carbonyl (C=O) groups is 2. The maximum absolute atomic E-state index is 12.9. The van der Waals surface area contributed by atoms with Crippen LogP contribution in [0.2, 0.25) is 0 Å². The van der Waals surface area contributed by atoms with Crippen LogP contribution in [0.15, 0.2) is 36.7 Å². The van der Waals surface area contributed by atoms with E-state index in [1.165, 1.54) is 0 Å². The average Bonchev–Trinajstić information content (AvgIpc) is 3.01. The lowest BCUT2D eigenvalue weighted by molar-refractivity contribution is -0.125. The van der Waals surface area contributed by atoms with Crippen LogP contribution in [-0.4, -0.2) is 46.1 Å². The van der Waals surface area contributed by atoms with Gasteiger partial charge in [0.15, 0.2) is 0 Å². The third-order valence-corrected chi connectivity index (χ3v) is 4.59. The summed E-state index contributed by atoms with van der Waals surface area (Å²) < 4.78 is 1.70. The van der Waals surface area contributed by atoms with Gasteiger partial charge in [-0.05, 0) is 37.6 Å². The molecular weight excluding hydrogens is 318 g/mol. The molecule has 2 N–H and O–H groups in total. The van der Waals surface area contributed by atoms with Gasteiger partial charge in [0.05, 0.1) is 17.9 Å². The van der Waals surface area contributed by atoms with Crippen molar-refractivity contribution in [3.63, 3.8) is 0 Å².